The number of nitrogens with zero attached hydrogens (tertiary/aromatic N) is 2. The first-order valence-electron chi connectivity index (χ1n) is 8.24. The summed E-state index contributed by atoms with van der Waals surface area (Å²) in [7, 11) is 0. The molecule has 0 saturated heterocycles. The number of guanidine groups is 1. The number of pyridine rings is 1. The fourth-order valence-electron chi connectivity index (χ4n) is 2.11. The van der Waals surface area contributed by atoms with Gasteiger partial charge in [0.25, 0.3) is 0 Å². The fourth-order valence-corrected chi connectivity index (χ4v) is 2.11. The summed E-state index contributed by atoms with van der Waals surface area (Å²) in [6, 6.07) is 12.5. The molecule has 0 saturated carbocycles. The van der Waals surface area contributed by atoms with E-state index in [-0.39, 0.29) is 0 Å². The Morgan fingerprint density at radius 1 is 1.09 bits per heavy atom. The van der Waals surface area contributed by atoms with Gasteiger partial charge in [-0.1, -0.05) is 49.2 Å². The van der Waals surface area contributed by atoms with E-state index < -0.39 is 0 Å². The zero-order valence-corrected chi connectivity index (χ0v) is 14.0. The molecule has 1 aromatic heterocycles. The predicted molar refractivity (Wildman–Crippen MR) is 96.3 cm³/mol. The van der Waals surface area contributed by atoms with Crippen LogP contribution in [0.25, 0.3) is 0 Å². The highest BCUT2D eigenvalue weighted by Gasteiger charge is 2.00. The molecule has 0 aliphatic heterocycles. The van der Waals surface area contributed by atoms with Crippen LogP contribution in [0, 0.1) is 6.92 Å². The van der Waals surface area contributed by atoms with E-state index in [1.807, 2.05) is 18.3 Å². The summed E-state index contributed by atoms with van der Waals surface area (Å²) in [4.78, 5) is 8.78. The van der Waals surface area contributed by atoms with Crippen LogP contribution < -0.4 is 10.6 Å². The second-order valence-corrected chi connectivity index (χ2v) is 5.65. The van der Waals surface area contributed by atoms with Gasteiger partial charge in [0.05, 0.1) is 6.54 Å². The SMILES string of the molecule is CCCCNC(=NCc1cccnc1)NCc1ccc(C)cc1. The first-order chi connectivity index (χ1) is 11.3. The zero-order chi connectivity index (χ0) is 16.3. The van der Waals surface area contributed by atoms with Gasteiger partial charge < -0.3 is 10.6 Å². The lowest BCUT2D eigenvalue weighted by molar-refractivity contribution is 0.724. The Morgan fingerprint density at radius 3 is 2.61 bits per heavy atom. The molecule has 23 heavy (non-hydrogen) atoms. The summed E-state index contributed by atoms with van der Waals surface area (Å²) in [5.74, 6) is 0.850. The molecule has 0 radical (unpaired) electrons. The van der Waals surface area contributed by atoms with Crippen molar-refractivity contribution < 1.29 is 0 Å². The van der Waals surface area contributed by atoms with E-state index in [9.17, 15) is 0 Å². The lowest BCUT2D eigenvalue weighted by atomic mass is 10.1. The molecule has 0 spiro atoms. The van der Waals surface area contributed by atoms with Crippen LogP contribution in [0.2, 0.25) is 0 Å². The Labute approximate surface area is 139 Å². The summed E-state index contributed by atoms with van der Waals surface area (Å²) in [5, 5.41) is 6.79. The van der Waals surface area contributed by atoms with Gasteiger partial charge in [0.2, 0.25) is 0 Å². The van der Waals surface area contributed by atoms with Gasteiger partial charge in [-0.05, 0) is 30.5 Å². The van der Waals surface area contributed by atoms with Gasteiger partial charge >= 0.3 is 0 Å². The molecule has 1 heterocycles. The van der Waals surface area contributed by atoms with Crippen molar-refractivity contribution in [1.82, 2.24) is 15.6 Å². The molecule has 122 valence electrons. The molecule has 0 unspecified atom stereocenters. The third kappa shape index (κ3) is 6.51. The first-order valence-corrected chi connectivity index (χ1v) is 8.24. The Morgan fingerprint density at radius 2 is 1.91 bits per heavy atom. The lowest BCUT2D eigenvalue weighted by Gasteiger charge is -2.12. The average Bonchev–Trinajstić information content (AvgIpc) is 2.59. The topological polar surface area (TPSA) is 49.3 Å². The smallest absolute Gasteiger partial charge is 0.191 e. The van der Waals surface area contributed by atoms with Crippen LogP contribution >= 0.6 is 0 Å². The van der Waals surface area contributed by atoms with Crippen LogP contribution in [0.15, 0.2) is 53.8 Å². The van der Waals surface area contributed by atoms with E-state index in [1.54, 1.807) is 6.20 Å². The molecule has 2 N–H and O–H groups in total. The van der Waals surface area contributed by atoms with Gasteiger partial charge in [0.1, 0.15) is 0 Å². The first kappa shape index (κ1) is 17.0. The van der Waals surface area contributed by atoms with Gasteiger partial charge in [-0.3, -0.25) is 4.98 Å². The number of aliphatic imine (C=N–C) groups is 1. The molecule has 0 aliphatic carbocycles. The number of rotatable bonds is 7. The summed E-state index contributed by atoms with van der Waals surface area (Å²) in [6.07, 6.45) is 5.94. The number of unbranched alkanes of at least 4 members (excludes halogenated alkanes) is 1. The Balaban J connectivity index is 1.93. The highest BCUT2D eigenvalue weighted by molar-refractivity contribution is 5.79. The Hall–Kier alpha value is -2.36. The van der Waals surface area contributed by atoms with Crippen LogP contribution in [0.4, 0.5) is 0 Å². The maximum Gasteiger partial charge on any atom is 0.191 e. The van der Waals surface area contributed by atoms with Crippen molar-refractivity contribution >= 4 is 5.96 Å². The van der Waals surface area contributed by atoms with Gasteiger partial charge in [-0.15, -0.1) is 0 Å². The van der Waals surface area contributed by atoms with Gasteiger partial charge in [-0.2, -0.15) is 0 Å². The minimum Gasteiger partial charge on any atom is -0.356 e. The number of nitrogens with one attached hydrogen (secondary N) is 2. The molecule has 0 bridgehead atoms. The highest BCUT2D eigenvalue weighted by Crippen LogP contribution is 2.03. The van der Waals surface area contributed by atoms with Crippen molar-refractivity contribution in [2.24, 2.45) is 4.99 Å². The van der Waals surface area contributed by atoms with E-state index in [2.05, 4.69) is 58.7 Å². The van der Waals surface area contributed by atoms with E-state index in [4.69, 9.17) is 0 Å². The van der Waals surface area contributed by atoms with Crippen molar-refractivity contribution in [2.45, 2.75) is 39.8 Å². The minimum absolute atomic E-state index is 0.628. The predicted octanol–water partition coefficient (Wildman–Crippen LogP) is 3.43. The van der Waals surface area contributed by atoms with E-state index in [0.717, 1.165) is 31.0 Å². The van der Waals surface area contributed by atoms with Crippen molar-refractivity contribution in [3.8, 4) is 0 Å². The number of hydrogen-bond donors (Lipinski definition) is 2. The van der Waals surface area contributed by atoms with Crippen LogP contribution in [-0.4, -0.2) is 17.5 Å². The second kappa shape index (κ2) is 9.62. The molecule has 4 heteroatoms. The minimum atomic E-state index is 0.628. The summed E-state index contributed by atoms with van der Waals surface area (Å²) in [6.45, 7) is 6.62. The number of hydrogen-bond acceptors (Lipinski definition) is 2. The van der Waals surface area contributed by atoms with E-state index in [0.29, 0.717) is 6.54 Å². The molecule has 0 fully saturated rings. The van der Waals surface area contributed by atoms with Crippen LogP contribution in [0.1, 0.15) is 36.5 Å². The third-order valence-corrected chi connectivity index (χ3v) is 3.55. The van der Waals surface area contributed by atoms with Gasteiger partial charge in [0, 0.05) is 25.5 Å². The number of benzene rings is 1. The maximum atomic E-state index is 4.65. The summed E-state index contributed by atoms with van der Waals surface area (Å²) < 4.78 is 0. The largest absolute Gasteiger partial charge is 0.356 e. The van der Waals surface area contributed by atoms with Crippen LogP contribution in [0.3, 0.4) is 0 Å². The van der Waals surface area contributed by atoms with Gasteiger partial charge in [-0.25, -0.2) is 4.99 Å². The molecule has 0 aliphatic rings. The molecule has 1 aromatic carbocycles. The maximum absolute atomic E-state index is 4.65. The number of aryl methyl sites for hydroxylation is 1. The van der Waals surface area contributed by atoms with E-state index in [1.165, 1.54) is 17.5 Å². The molecule has 2 aromatic rings. The standard InChI is InChI=1S/C19H26N4/c1-3-4-12-21-19(23-15-18-6-5-11-20-13-18)22-14-17-9-7-16(2)8-10-17/h5-11,13H,3-4,12,14-15H2,1-2H3,(H2,21,22,23). The van der Waals surface area contributed by atoms with Crippen molar-refractivity contribution in [1.29, 1.82) is 0 Å². The summed E-state index contributed by atoms with van der Waals surface area (Å²) in [5.41, 5.74) is 3.64. The molecule has 2 rings (SSSR count). The Bertz CT molecular complexity index is 591. The van der Waals surface area contributed by atoms with Crippen LogP contribution in [0.5, 0.6) is 0 Å². The van der Waals surface area contributed by atoms with Crippen molar-refractivity contribution in [3.05, 3.63) is 65.5 Å². The molecule has 4 nitrogen and oxygen atoms in total. The molecule has 0 atom stereocenters. The Kier molecular flexibility index (Phi) is 7.11. The molecular formula is C19H26N4. The van der Waals surface area contributed by atoms with Crippen LogP contribution in [-0.2, 0) is 13.1 Å². The summed E-state index contributed by atoms with van der Waals surface area (Å²) >= 11 is 0. The zero-order valence-electron chi connectivity index (χ0n) is 14.0. The number of aromatic nitrogens is 1. The third-order valence-electron chi connectivity index (χ3n) is 3.55. The van der Waals surface area contributed by atoms with Gasteiger partial charge in [0.15, 0.2) is 5.96 Å². The lowest BCUT2D eigenvalue weighted by Crippen LogP contribution is -2.37. The fraction of sp³-hybridized carbons (Fsp3) is 0.368. The normalized spacial score (nSPS) is 11.3. The molecular weight excluding hydrogens is 284 g/mol. The average molecular weight is 310 g/mol. The molecule has 0 amide bonds. The van der Waals surface area contributed by atoms with E-state index >= 15 is 0 Å². The monoisotopic (exact) mass is 310 g/mol. The van der Waals surface area contributed by atoms with Crippen molar-refractivity contribution in [3.63, 3.8) is 0 Å². The second-order valence-electron chi connectivity index (χ2n) is 5.65. The quantitative estimate of drug-likeness (QED) is 0.468. The highest BCUT2D eigenvalue weighted by atomic mass is 15.2. The van der Waals surface area contributed by atoms with Crippen molar-refractivity contribution in [2.75, 3.05) is 6.54 Å².